The van der Waals surface area contributed by atoms with Gasteiger partial charge in [-0.15, -0.1) is 23.5 Å². The lowest BCUT2D eigenvalue weighted by Gasteiger charge is -2.24. The highest BCUT2D eigenvalue weighted by Gasteiger charge is 2.19. The van der Waals surface area contributed by atoms with Gasteiger partial charge in [-0.3, -0.25) is 0 Å². The van der Waals surface area contributed by atoms with Crippen molar-refractivity contribution in [3.05, 3.63) is 9.66 Å². The lowest BCUT2D eigenvalue weighted by Crippen LogP contribution is -2.13. The summed E-state index contributed by atoms with van der Waals surface area (Å²) < 4.78 is 2.23. The van der Waals surface area contributed by atoms with Crippen LogP contribution in [0.25, 0.3) is 0 Å². The number of thioether (sulfide) groups is 2. The minimum atomic E-state index is 0.734. The van der Waals surface area contributed by atoms with Crippen LogP contribution < -0.4 is 0 Å². The van der Waals surface area contributed by atoms with Crippen LogP contribution >= 0.6 is 46.1 Å². The zero-order chi connectivity index (χ0) is 8.97. The van der Waals surface area contributed by atoms with Crippen LogP contribution in [-0.2, 0) is 0 Å². The molecule has 1 aliphatic heterocycles. The first-order chi connectivity index (χ1) is 5.70. The lowest BCUT2D eigenvalue weighted by atomic mass is 10.2. The molecule has 0 amide bonds. The van der Waals surface area contributed by atoms with Crippen molar-refractivity contribution in [2.45, 2.75) is 24.9 Å². The molecule has 1 saturated heterocycles. The van der Waals surface area contributed by atoms with Crippen molar-refractivity contribution in [3.63, 3.8) is 0 Å². The Kier molecular flexibility index (Phi) is 5.44. The smallest absolute Gasteiger partial charge is 0.0562 e. The molecule has 0 aromatic carbocycles. The molecule has 12 heavy (non-hydrogen) atoms. The maximum atomic E-state index is 2.40. The molecule has 70 valence electrons. The molecule has 3 heteroatoms. The molecule has 1 heterocycles. The van der Waals surface area contributed by atoms with Crippen LogP contribution in [0, 0.1) is 5.92 Å². The third-order valence-corrected chi connectivity index (χ3v) is 5.52. The first-order valence-corrected chi connectivity index (χ1v) is 7.45. The van der Waals surface area contributed by atoms with Gasteiger partial charge in [0.05, 0.1) is 4.58 Å². The van der Waals surface area contributed by atoms with E-state index in [2.05, 4.69) is 66.0 Å². The van der Waals surface area contributed by atoms with Crippen molar-refractivity contribution in [2.75, 3.05) is 11.5 Å². The molecule has 0 bridgehead atoms. The molecule has 0 unspecified atom stereocenters. The van der Waals surface area contributed by atoms with Crippen LogP contribution in [-0.4, -0.2) is 16.1 Å². The Hall–Kier alpha value is 1.17. The summed E-state index contributed by atoms with van der Waals surface area (Å²) in [5.74, 6) is 3.45. The van der Waals surface area contributed by atoms with Gasteiger partial charge in [-0.1, -0.05) is 13.0 Å². The van der Waals surface area contributed by atoms with E-state index in [1.54, 1.807) is 0 Å². The molecule has 1 fully saturated rings. The number of hydrogen-bond donors (Lipinski definition) is 0. The zero-order valence-electron chi connectivity index (χ0n) is 7.55. The van der Waals surface area contributed by atoms with Crippen LogP contribution in [0.5, 0.6) is 0 Å². The van der Waals surface area contributed by atoms with Gasteiger partial charge >= 0.3 is 0 Å². The topological polar surface area (TPSA) is 0 Å². The summed E-state index contributed by atoms with van der Waals surface area (Å²) in [6.45, 7) is 4.51. The Morgan fingerprint density at radius 1 is 1.50 bits per heavy atom. The normalized spacial score (nSPS) is 24.1. The Labute approximate surface area is 97.5 Å². The number of rotatable bonds is 2. The first-order valence-electron chi connectivity index (χ1n) is 4.27. The zero-order valence-corrected chi connectivity index (χ0v) is 11.3. The summed E-state index contributed by atoms with van der Waals surface area (Å²) in [5, 5.41) is 0. The third-order valence-electron chi connectivity index (χ3n) is 1.77. The second kappa shape index (κ2) is 5.81. The predicted octanol–water partition coefficient (Wildman–Crippen LogP) is 4.16. The number of allylic oxidation sites excluding steroid dienone is 2. The second-order valence-corrected chi connectivity index (χ2v) is 7.57. The molecule has 0 nitrogen and oxygen atoms in total. The highest BCUT2D eigenvalue weighted by atomic mass is 127. The quantitative estimate of drug-likeness (QED) is 0.702. The summed E-state index contributed by atoms with van der Waals surface area (Å²) in [5.41, 5.74) is 0. The van der Waals surface area contributed by atoms with E-state index < -0.39 is 0 Å². The summed E-state index contributed by atoms with van der Waals surface area (Å²) >= 11 is 6.65. The first kappa shape index (κ1) is 11.2. The third kappa shape index (κ3) is 3.92. The summed E-state index contributed by atoms with van der Waals surface area (Å²) in [4.78, 5) is 0. The Bertz CT molecular complexity index is 158. The number of halogens is 1. The molecule has 0 saturated carbocycles. The van der Waals surface area contributed by atoms with E-state index in [0.29, 0.717) is 0 Å². The van der Waals surface area contributed by atoms with Crippen molar-refractivity contribution in [1.82, 2.24) is 0 Å². The minimum absolute atomic E-state index is 0.734. The monoisotopic (exact) mass is 314 g/mol. The van der Waals surface area contributed by atoms with E-state index in [0.717, 1.165) is 10.5 Å². The van der Waals surface area contributed by atoms with Crippen LogP contribution in [0.15, 0.2) is 9.66 Å². The van der Waals surface area contributed by atoms with Crippen molar-refractivity contribution in [2.24, 2.45) is 5.92 Å². The molecular weight excluding hydrogens is 299 g/mol. The van der Waals surface area contributed by atoms with Gasteiger partial charge in [-0.25, -0.2) is 0 Å². The summed E-state index contributed by atoms with van der Waals surface area (Å²) in [7, 11) is 0. The fourth-order valence-corrected chi connectivity index (χ4v) is 4.81. The van der Waals surface area contributed by atoms with Crippen LogP contribution in [0.4, 0.5) is 0 Å². The molecule has 0 spiro atoms. The van der Waals surface area contributed by atoms with Gasteiger partial charge in [0.15, 0.2) is 0 Å². The summed E-state index contributed by atoms with van der Waals surface area (Å²) in [6.07, 6.45) is 3.78. The fraction of sp³-hybridized carbons (Fsp3) is 0.778. The van der Waals surface area contributed by atoms with Gasteiger partial charge in [-0.2, -0.15) is 0 Å². The van der Waals surface area contributed by atoms with E-state index in [9.17, 15) is 0 Å². The predicted molar refractivity (Wildman–Crippen MR) is 70.3 cm³/mol. The highest BCUT2D eigenvalue weighted by Crippen LogP contribution is 2.36. The molecule has 0 N–H and O–H groups in total. The van der Waals surface area contributed by atoms with Crippen molar-refractivity contribution >= 4 is 46.1 Å². The van der Waals surface area contributed by atoms with E-state index in [1.807, 2.05) is 0 Å². The molecule has 0 aliphatic carbocycles. The molecule has 1 rings (SSSR count). The SMILES string of the molecule is C/C(I)=C\[C@H](C)C1SCCCS1. The van der Waals surface area contributed by atoms with E-state index >= 15 is 0 Å². The molecule has 0 radical (unpaired) electrons. The molecule has 0 aromatic rings. The van der Waals surface area contributed by atoms with Gasteiger partial charge in [-0.05, 0) is 56.9 Å². The van der Waals surface area contributed by atoms with E-state index in [-0.39, 0.29) is 0 Å². The molecule has 1 aliphatic rings. The number of hydrogen-bond acceptors (Lipinski definition) is 2. The maximum absolute atomic E-state index is 2.40. The van der Waals surface area contributed by atoms with Crippen molar-refractivity contribution < 1.29 is 0 Å². The van der Waals surface area contributed by atoms with Gasteiger partial charge in [0.25, 0.3) is 0 Å². The lowest BCUT2D eigenvalue weighted by molar-refractivity contribution is 0.802. The average molecular weight is 314 g/mol. The fourth-order valence-electron chi connectivity index (χ4n) is 1.25. The van der Waals surface area contributed by atoms with Crippen molar-refractivity contribution in [3.8, 4) is 0 Å². The second-order valence-electron chi connectivity index (χ2n) is 3.08. The average Bonchev–Trinajstić information content (AvgIpc) is 2.05. The molecule has 1 atom stereocenters. The van der Waals surface area contributed by atoms with Gasteiger partial charge < -0.3 is 0 Å². The van der Waals surface area contributed by atoms with Crippen LogP contribution in [0.3, 0.4) is 0 Å². The van der Waals surface area contributed by atoms with Gasteiger partial charge in [0.1, 0.15) is 0 Å². The van der Waals surface area contributed by atoms with Crippen LogP contribution in [0.1, 0.15) is 20.3 Å². The largest absolute Gasteiger partial charge is 0.147 e. The summed E-state index contributed by atoms with van der Waals surface area (Å²) in [6, 6.07) is 0. The standard InChI is InChI=1S/C9H15IS2/c1-7(6-8(2)10)9-11-4-3-5-12-9/h6-7,9H,3-5H2,1-2H3/b8-6+/t7-/m0/s1. The molecular formula is C9H15IS2. The highest BCUT2D eigenvalue weighted by molar-refractivity contribution is 14.1. The van der Waals surface area contributed by atoms with Crippen molar-refractivity contribution in [1.29, 1.82) is 0 Å². The Morgan fingerprint density at radius 3 is 2.58 bits per heavy atom. The van der Waals surface area contributed by atoms with E-state index in [4.69, 9.17) is 0 Å². The van der Waals surface area contributed by atoms with Gasteiger partial charge in [0, 0.05) is 0 Å². The van der Waals surface area contributed by atoms with Crippen LogP contribution in [0.2, 0.25) is 0 Å². The molecule has 0 aromatic heterocycles. The minimum Gasteiger partial charge on any atom is -0.147 e. The Morgan fingerprint density at radius 2 is 2.08 bits per heavy atom. The van der Waals surface area contributed by atoms with Gasteiger partial charge in [0.2, 0.25) is 0 Å². The Balaban J connectivity index is 2.39. The maximum Gasteiger partial charge on any atom is 0.0562 e. The van der Waals surface area contributed by atoms with E-state index in [1.165, 1.54) is 21.5 Å².